The summed E-state index contributed by atoms with van der Waals surface area (Å²) in [5.41, 5.74) is 0.879. The average Bonchev–Trinajstić information content (AvgIpc) is 2.71. The lowest BCUT2D eigenvalue weighted by atomic mass is 9.98. The van der Waals surface area contributed by atoms with E-state index in [4.69, 9.17) is 19.3 Å². The number of hydrogen-bond acceptors (Lipinski definition) is 5. The topological polar surface area (TPSA) is 77.4 Å². The number of carboxylic acid groups (broad SMARTS) is 1. The Bertz CT molecular complexity index is 527. The van der Waals surface area contributed by atoms with Crippen LogP contribution in [0, 0.1) is 0 Å². The van der Waals surface area contributed by atoms with Crippen LogP contribution in [0.25, 0.3) is 0 Å². The second-order valence-corrected chi connectivity index (χ2v) is 4.08. The van der Waals surface area contributed by atoms with Gasteiger partial charge in [-0.05, 0) is 6.07 Å². The summed E-state index contributed by atoms with van der Waals surface area (Å²) in [6, 6.07) is 7.05. The number of carbonyl (C=O) groups is 1. The van der Waals surface area contributed by atoms with Crippen LogP contribution < -0.4 is 4.74 Å². The molecule has 6 heteroatoms. The molecule has 3 rings (SSSR count). The van der Waals surface area contributed by atoms with Crippen molar-refractivity contribution in [2.45, 2.75) is 25.4 Å². The Morgan fingerprint density at radius 3 is 2.94 bits per heavy atom. The molecule has 0 fully saturated rings. The highest BCUT2D eigenvalue weighted by Gasteiger charge is 2.45. The Kier molecular flexibility index (Phi) is 2.36. The lowest BCUT2D eigenvalue weighted by Crippen LogP contribution is -2.42. The molecule has 18 heavy (non-hydrogen) atoms. The average molecular weight is 249 g/mol. The van der Waals surface area contributed by atoms with Crippen LogP contribution in [0.3, 0.4) is 0 Å². The Hall–Kier alpha value is -2.24. The normalized spacial score (nSPS) is 28.3. The highest BCUT2D eigenvalue weighted by atomic mass is 16.8. The lowest BCUT2D eigenvalue weighted by Gasteiger charge is -2.32. The SMILES string of the molecule is CC1=NC2c3ccccc3OC(OC(=O)O)C2O1. The minimum Gasteiger partial charge on any atom is -0.467 e. The number of para-hydroxylation sites is 1. The van der Waals surface area contributed by atoms with Crippen molar-refractivity contribution in [3.8, 4) is 5.75 Å². The second kappa shape index (κ2) is 3.90. The van der Waals surface area contributed by atoms with Crippen molar-refractivity contribution < 1.29 is 24.1 Å². The fraction of sp³-hybridized carbons (Fsp3) is 0.333. The molecule has 0 spiro atoms. The van der Waals surface area contributed by atoms with Gasteiger partial charge in [-0.3, -0.25) is 0 Å². The molecule has 0 aromatic heterocycles. The predicted molar refractivity (Wildman–Crippen MR) is 60.7 cm³/mol. The minimum atomic E-state index is -1.40. The van der Waals surface area contributed by atoms with Gasteiger partial charge >= 0.3 is 6.16 Å². The standard InChI is InChI=1S/C12H11NO5/c1-6-13-9-7-4-2-3-5-8(7)17-11(10(9)16-6)18-12(14)15/h2-5,9-11H,1H3,(H,14,15). The molecule has 1 aromatic carbocycles. The van der Waals surface area contributed by atoms with Crippen LogP contribution in [0.1, 0.15) is 18.5 Å². The van der Waals surface area contributed by atoms with Gasteiger partial charge in [0, 0.05) is 12.5 Å². The summed E-state index contributed by atoms with van der Waals surface area (Å²) in [5, 5.41) is 8.70. The van der Waals surface area contributed by atoms with E-state index in [1.54, 1.807) is 13.0 Å². The molecule has 2 heterocycles. The minimum absolute atomic E-state index is 0.278. The maximum Gasteiger partial charge on any atom is 0.509 e. The number of aliphatic imine (C=N–C) groups is 1. The molecule has 0 saturated carbocycles. The summed E-state index contributed by atoms with van der Waals surface area (Å²) in [4.78, 5) is 15.0. The third kappa shape index (κ3) is 1.66. The van der Waals surface area contributed by atoms with Gasteiger partial charge in [-0.25, -0.2) is 9.79 Å². The lowest BCUT2D eigenvalue weighted by molar-refractivity contribution is -0.124. The second-order valence-electron chi connectivity index (χ2n) is 4.08. The van der Waals surface area contributed by atoms with Gasteiger partial charge in [-0.15, -0.1) is 0 Å². The summed E-state index contributed by atoms with van der Waals surface area (Å²) >= 11 is 0. The molecule has 0 aliphatic carbocycles. The van der Waals surface area contributed by atoms with Crippen molar-refractivity contribution in [3.05, 3.63) is 29.8 Å². The number of benzene rings is 1. The molecule has 3 unspecified atom stereocenters. The van der Waals surface area contributed by atoms with Crippen molar-refractivity contribution in [2.24, 2.45) is 4.99 Å². The third-order valence-electron chi connectivity index (χ3n) is 2.90. The van der Waals surface area contributed by atoms with Gasteiger partial charge < -0.3 is 19.3 Å². The summed E-state index contributed by atoms with van der Waals surface area (Å²) in [6.45, 7) is 1.72. The quantitative estimate of drug-likeness (QED) is 0.770. The number of fused-ring (bicyclic) bond motifs is 3. The first-order chi connectivity index (χ1) is 8.65. The zero-order chi connectivity index (χ0) is 12.7. The Morgan fingerprint density at radius 2 is 2.17 bits per heavy atom. The van der Waals surface area contributed by atoms with Crippen LogP contribution in [0.4, 0.5) is 4.79 Å². The van der Waals surface area contributed by atoms with Crippen LogP contribution in [0.5, 0.6) is 5.75 Å². The molecule has 0 saturated heterocycles. The fourth-order valence-electron chi connectivity index (χ4n) is 2.23. The molecule has 2 aliphatic heterocycles. The maximum atomic E-state index is 10.7. The van der Waals surface area contributed by atoms with E-state index >= 15 is 0 Å². The van der Waals surface area contributed by atoms with E-state index in [0.29, 0.717) is 11.6 Å². The molecule has 94 valence electrons. The van der Waals surface area contributed by atoms with Crippen LogP contribution in [-0.4, -0.2) is 29.6 Å². The van der Waals surface area contributed by atoms with E-state index in [2.05, 4.69) is 4.99 Å². The maximum absolute atomic E-state index is 10.7. The van der Waals surface area contributed by atoms with E-state index < -0.39 is 18.5 Å². The number of ether oxygens (including phenoxy) is 3. The van der Waals surface area contributed by atoms with E-state index in [9.17, 15) is 4.79 Å². The Balaban J connectivity index is 1.99. The van der Waals surface area contributed by atoms with Crippen molar-refractivity contribution >= 4 is 12.1 Å². The monoisotopic (exact) mass is 249 g/mol. The Labute approximate surface area is 103 Å². The molecule has 0 radical (unpaired) electrons. The van der Waals surface area contributed by atoms with E-state index in [1.165, 1.54) is 0 Å². The third-order valence-corrected chi connectivity index (χ3v) is 2.90. The molecule has 2 aliphatic rings. The number of rotatable bonds is 1. The van der Waals surface area contributed by atoms with Gasteiger partial charge in [0.1, 0.15) is 11.8 Å². The Morgan fingerprint density at radius 1 is 1.39 bits per heavy atom. The van der Waals surface area contributed by atoms with Crippen molar-refractivity contribution in [1.82, 2.24) is 0 Å². The highest BCUT2D eigenvalue weighted by molar-refractivity contribution is 5.76. The van der Waals surface area contributed by atoms with Crippen molar-refractivity contribution in [2.75, 3.05) is 0 Å². The van der Waals surface area contributed by atoms with Crippen molar-refractivity contribution in [3.63, 3.8) is 0 Å². The molecular weight excluding hydrogens is 238 g/mol. The molecular formula is C12H11NO5. The van der Waals surface area contributed by atoms with Crippen LogP contribution in [0.15, 0.2) is 29.3 Å². The predicted octanol–water partition coefficient (Wildman–Crippen LogP) is 1.96. The summed E-state index contributed by atoms with van der Waals surface area (Å²) in [6.07, 6.45) is -2.95. The van der Waals surface area contributed by atoms with Crippen LogP contribution >= 0.6 is 0 Å². The zero-order valence-corrected chi connectivity index (χ0v) is 9.57. The zero-order valence-electron chi connectivity index (χ0n) is 9.57. The smallest absolute Gasteiger partial charge is 0.467 e. The molecule has 1 aromatic rings. The van der Waals surface area contributed by atoms with Gasteiger partial charge in [0.25, 0.3) is 6.29 Å². The molecule has 0 amide bonds. The van der Waals surface area contributed by atoms with Crippen LogP contribution in [0.2, 0.25) is 0 Å². The molecule has 6 nitrogen and oxygen atoms in total. The van der Waals surface area contributed by atoms with Gasteiger partial charge in [-0.1, -0.05) is 18.2 Å². The van der Waals surface area contributed by atoms with Crippen molar-refractivity contribution in [1.29, 1.82) is 0 Å². The van der Waals surface area contributed by atoms with Gasteiger partial charge in [-0.2, -0.15) is 0 Å². The van der Waals surface area contributed by atoms with E-state index in [0.717, 1.165) is 5.56 Å². The highest BCUT2D eigenvalue weighted by Crippen LogP contribution is 2.41. The van der Waals surface area contributed by atoms with E-state index in [-0.39, 0.29) is 6.04 Å². The largest absolute Gasteiger partial charge is 0.509 e. The van der Waals surface area contributed by atoms with E-state index in [1.807, 2.05) is 18.2 Å². The first kappa shape index (κ1) is 10.9. The number of nitrogens with zero attached hydrogens (tertiary/aromatic N) is 1. The van der Waals surface area contributed by atoms with Gasteiger partial charge in [0.2, 0.25) is 6.10 Å². The summed E-state index contributed by atoms with van der Waals surface area (Å²) in [7, 11) is 0. The first-order valence-electron chi connectivity index (χ1n) is 5.51. The first-order valence-corrected chi connectivity index (χ1v) is 5.51. The van der Waals surface area contributed by atoms with Crippen LogP contribution in [-0.2, 0) is 9.47 Å². The summed E-state index contributed by atoms with van der Waals surface area (Å²) < 4.78 is 15.7. The molecule has 1 N–H and O–H groups in total. The van der Waals surface area contributed by atoms with Gasteiger partial charge in [0.15, 0.2) is 5.90 Å². The number of hydrogen-bond donors (Lipinski definition) is 1. The summed E-state index contributed by atoms with van der Waals surface area (Å²) in [5.74, 6) is 1.08. The molecule has 3 atom stereocenters. The molecule has 0 bridgehead atoms. The fourth-order valence-corrected chi connectivity index (χ4v) is 2.23. The van der Waals surface area contributed by atoms with Gasteiger partial charge in [0.05, 0.1) is 0 Å².